The van der Waals surface area contributed by atoms with Crippen LogP contribution >= 0.6 is 15.9 Å². The van der Waals surface area contributed by atoms with Gasteiger partial charge in [0, 0.05) is 24.1 Å². The average molecular weight is 326 g/mol. The van der Waals surface area contributed by atoms with Gasteiger partial charge in [-0.25, -0.2) is 0 Å². The zero-order chi connectivity index (χ0) is 13.8. The summed E-state index contributed by atoms with van der Waals surface area (Å²) >= 11 is 3.62. The molecule has 1 fully saturated rings. The maximum Gasteiger partial charge on any atom is 0.222 e. The van der Waals surface area contributed by atoms with Crippen molar-refractivity contribution < 1.29 is 4.79 Å². The Kier molecular flexibility index (Phi) is 4.82. The summed E-state index contributed by atoms with van der Waals surface area (Å²) in [7, 11) is 0. The second-order valence-electron chi connectivity index (χ2n) is 4.90. The van der Waals surface area contributed by atoms with Gasteiger partial charge in [0.05, 0.1) is 11.6 Å². The third-order valence-corrected chi connectivity index (χ3v) is 4.16. The van der Waals surface area contributed by atoms with E-state index in [-0.39, 0.29) is 11.8 Å². The van der Waals surface area contributed by atoms with Crippen LogP contribution < -0.4 is 16.0 Å². The third-order valence-electron chi connectivity index (χ3n) is 3.52. The van der Waals surface area contributed by atoms with Crippen LogP contribution in [0.2, 0.25) is 0 Å². The van der Waals surface area contributed by atoms with Crippen LogP contribution in [0, 0.1) is 5.92 Å². The highest BCUT2D eigenvalue weighted by Gasteiger charge is 2.27. The van der Waals surface area contributed by atoms with Crippen molar-refractivity contribution in [2.45, 2.75) is 19.9 Å². The predicted molar refractivity (Wildman–Crippen MR) is 81.0 cm³/mol. The fourth-order valence-electron chi connectivity index (χ4n) is 2.40. The van der Waals surface area contributed by atoms with Crippen molar-refractivity contribution in [2.24, 2.45) is 11.7 Å². The number of amides is 1. The van der Waals surface area contributed by atoms with Crippen LogP contribution in [-0.2, 0) is 11.3 Å². The molecule has 0 radical (unpaired) electrons. The summed E-state index contributed by atoms with van der Waals surface area (Å²) in [5, 5.41) is 3.31. The number of nitrogens with zero attached hydrogens (tertiary/aromatic N) is 1. The van der Waals surface area contributed by atoms with Gasteiger partial charge in [-0.15, -0.1) is 0 Å². The van der Waals surface area contributed by atoms with Crippen molar-refractivity contribution in [1.82, 2.24) is 5.32 Å². The van der Waals surface area contributed by atoms with E-state index in [0.717, 1.165) is 42.8 Å². The lowest BCUT2D eigenvalue weighted by molar-refractivity contribution is -0.121. The molecule has 2 rings (SSSR count). The molecule has 1 aliphatic heterocycles. The van der Waals surface area contributed by atoms with Crippen molar-refractivity contribution >= 4 is 27.5 Å². The van der Waals surface area contributed by atoms with Crippen LogP contribution in [0.25, 0.3) is 0 Å². The van der Waals surface area contributed by atoms with E-state index < -0.39 is 0 Å². The Hall–Kier alpha value is -1.07. The number of carbonyl (C=O) groups is 1. The number of halogens is 1. The van der Waals surface area contributed by atoms with Gasteiger partial charge < -0.3 is 16.0 Å². The number of primary amides is 1. The zero-order valence-electron chi connectivity index (χ0n) is 11.2. The normalized spacial score (nSPS) is 18.8. The minimum absolute atomic E-state index is 0.0201. The van der Waals surface area contributed by atoms with Crippen molar-refractivity contribution in [3.8, 4) is 0 Å². The summed E-state index contributed by atoms with van der Waals surface area (Å²) in [6.07, 6.45) is 0.848. The molecule has 1 aromatic rings. The Balaban J connectivity index is 2.07. The lowest BCUT2D eigenvalue weighted by Gasteiger charge is -2.20. The second-order valence-corrected chi connectivity index (χ2v) is 5.75. The van der Waals surface area contributed by atoms with Crippen LogP contribution in [0.1, 0.15) is 18.9 Å². The Morgan fingerprint density at radius 2 is 2.37 bits per heavy atom. The number of carbonyl (C=O) groups excluding carboxylic acids is 1. The van der Waals surface area contributed by atoms with E-state index in [9.17, 15) is 4.79 Å². The van der Waals surface area contributed by atoms with E-state index in [1.165, 1.54) is 5.56 Å². The third kappa shape index (κ3) is 3.48. The SMILES string of the molecule is CCNCc1ccc(N2CCC(C(N)=O)C2)c(Br)c1. The van der Waals surface area contributed by atoms with Crippen LogP contribution in [0.3, 0.4) is 0 Å². The first-order valence-electron chi connectivity index (χ1n) is 6.65. The fourth-order valence-corrected chi connectivity index (χ4v) is 3.07. The molecule has 0 bridgehead atoms. The van der Waals surface area contributed by atoms with E-state index in [1.807, 2.05) is 0 Å². The summed E-state index contributed by atoms with van der Waals surface area (Å²) in [6.45, 7) is 5.54. The van der Waals surface area contributed by atoms with E-state index in [2.05, 4.69) is 51.3 Å². The minimum atomic E-state index is -0.192. The molecule has 1 heterocycles. The molecule has 0 aliphatic carbocycles. The summed E-state index contributed by atoms with van der Waals surface area (Å²) in [6, 6.07) is 6.37. The van der Waals surface area contributed by atoms with Crippen LogP contribution in [-0.4, -0.2) is 25.5 Å². The van der Waals surface area contributed by atoms with Crippen LogP contribution in [0.15, 0.2) is 22.7 Å². The molecule has 5 heteroatoms. The van der Waals surface area contributed by atoms with Gasteiger partial charge in [0.15, 0.2) is 0 Å². The van der Waals surface area contributed by atoms with Crippen molar-refractivity contribution in [3.63, 3.8) is 0 Å². The molecule has 19 heavy (non-hydrogen) atoms. The fraction of sp³-hybridized carbons (Fsp3) is 0.500. The van der Waals surface area contributed by atoms with Crippen LogP contribution in [0.5, 0.6) is 0 Å². The molecule has 0 saturated carbocycles. The summed E-state index contributed by atoms with van der Waals surface area (Å²) in [5.74, 6) is -0.212. The quantitative estimate of drug-likeness (QED) is 0.868. The molecule has 1 aromatic carbocycles. The number of benzene rings is 1. The number of nitrogens with two attached hydrogens (primary N) is 1. The molecule has 1 aliphatic rings. The monoisotopic (exact) mass is 325 g/mol. The van der Waals surface area contributed by atoms with E-state index in [0.29, 0.717) is 0 Å². The molecule has 0 aromatic heterocycles. The summed E-state index contributed by atoms with van der Waals surface area (Å²) < 4.78 is 1.08. The largest absolute Gasteiger partial charge is 0.370 e. The van der Waals surface area contributed by atoms with Crippen molar-refractivity contribution in [2.75, 3.05) is 24.5 Å². The number of nitrogens with one attached hydrogen (secondary N) is 1. The van der Waals surface area contributed by atoms with Gasteiger partial charge in [-0.2, -0.15) is 0 Å². The molecule has 0 spiro atoms. The standard InChI is InChI=1S/C14H20BrN3O/c1-2-17-8-10-3-4-13(12(15)7-10)18-6-5-11(9-18)14(16)19/h3-4,7,11,17H,2,5-6,8-9H2,1H3,(H2,16,19). The maximum absolute atomic E-state index is 11.2. The lowest BCUT2D eigenvalue weighted by Crippen LogP contribution is -2.27. The van der Waals surface area contributed by atoms with E-state index in [1.54, 1.807) is 0 Å². The number of rotatable bonds is 5. The van der Waals surface area contributed by atoms with Crippen molar-refractivity contribution in [3.05, 3.63) is 28.2 Å². The average Bonchev–Trinajstić information content (AvgIpc) is 2.86. The molecule has 3 N–H and O–H groups in total. The lowest BCUT2D eigenvalue weighted by atomic mass is 10.1. The number of anilines is 1. The highest BCUT2D eigenvalue weighted by molar-refractivity contribution is 9.10. The van der Waals surface area contributed by atoms with Crippen LogP contribution in [0.4, 0.5) is 5.69 Å². The van der Waals surface area contributed by atoms with Gasteiger partial charge >= 0.3 is 0 Å². The molecule has 1 unspecified atom stereocenters. The van der Waals surface area contributed by atoms with Gasteiger partial charge in [0.25, 0.3) is 0 Å². The summed E-state index contributed by atoms with van der Waals surface area (Å²) in [5.41, 5.74) is 7.76. The highest BCUT2D eigenvalue weighted by atomic mass is 79.9. The van der Waals surface area contributed by atoms with Gasteiger partial charge in [0.1, 0.15) is 0 Å². The molecular formula is C14H20BrN3O. The smallest absolute Gasteiger partial charge is 0.222 e. The van der Waals surface area contributed by atoms with Gasteiger partial charge in [-0.1, -0.05) is 13.0 Å². The molecule has 1 atom stereocenters. The topological polar surface area (TPSA) is 58.4 Å². The molecule has 104 valence electrons. The van der Waals surface area contributed by atoms with Gasteiger partial charge in [-0.3, -0.25) is 4.79 Å². The Morgan fingerprint density at radius 1 is 1.58 bits per heavy atom. The van der Waals surface area contributed by atoms with Crippen molar-refractivity contribution in [1.29, 1.82) is 0 Å². The summed E-state index contributed by atoms with van der Waals surface area (Å²) in [4.78, 5) is 13.4. The van der Waals surface area contributed by atoms with Gasteiger partial charge in [-0.05, 0) is 46.6 Å². The number of hydrogen-bond acceptors (Lipinski definition) is 3. The maximum atomic E-state index is 11.2. The first kappa shape index (κ1) is 14.3. The Labute approximate surface area is 122 Å². The number of hydrogen-bond donors (Lipinski definition) is 2. The van der Waals surface area contributed by atoms with E-state index in [4.69, 9.17) is 5.73 Å². The minimum Gasteiger partial charge on any atom is -0.370 e. The Morgan fingerprint density at radius 3 is 2.95 bits per heavy atom. The van der Waals surface area contributed by atoms with Gasteiger partial charge in [0.2, 0.25) is 5.91 Å². The highest BCUT2D eigenvalue weighted by Crippen LogP contribution is 2.31. The second kappa shape index (κ2) is 6.39. The zero-order valence-corrected chi connectivity index (χ0v) is 12.7. The molecule has 4 nitrogen and oxygen atoms in total. The first-order chi connectivity index (χ1) is 9.11. The molecular weight excluding hydrogens is 306 g/mol. The molecule has 1 amide bonds. The first-order valence-corrected chi connectivity index (χ1v) is 7.44. The van der Waals surface area contributed by atoms with E-state index >= 15 is 0 Å². The molecule has 1 saturated heterocycles. The predicted octanol–water partition coefficient (Wildman–Crippen LogP) is 1.87. The Bertz CT molecular complexity index is 464.